The normalized spacial score (nSPS) is 20.0. The van der Waals surface area contributed by atoms with Crippen molar-refractivity contribution in [3.05, 3.63) is 16.1 Å². The highest BCUT2D eigenvalue weighted by Gasteiger charge is 2.36. The molecule has 7 nitrogen and oxygen atoms in total. The predicted octanol–water partition coefficient (Wildman–Crippen LogP) is 2.26. The number of aromatic nitrogens is 1. The number of nitrogens with zero attached hydrogens (tertiary/aromatic N) is 4. The lowest BCUT2D eigenvalue weighted by Gasteiger charge is -2.39. The highest BCUT2D eigenvalue weighted by molar-refractivity contribution is 7.09. The van der Waals surface area contributed by atoms with Gasteiger partial charge >= 0.3 is 6.09 Å². The number of carbonyl (C=O) groups is 1. The maximum atomic E-state index is 12.3. The summed E-state index contributed by atoms with van der Waals surface area (Å²) in [6.45, 7) is 11.5. The lowest BCUT2D eigenvalue weighted by Crippen LogP contribution is -2.57. The largest absolute Gasteiger partial charge is 0.444 e. The summed E-state index contributed by atoms with van der Waals surface area (Å²) >= 11 is 1.73. The quantitative estimate of drug-likeness (QED) is 0.813. The zero-order chi connectivity index (χ0) is 18.7. The van der Waals surface area contributed by atoms with E-state index in [-0.39, 0.29) is 12.1 Å². The summed E-state index contributed by atoms with van der Waals surface area (Å²) in [6, 6.07) is 0.250. The summed E-state index contributed by atoms with van der Waals surface area (Å²) in [4.78, 5) is 25.5. The van der Waals surface area contributed by atoms with Crippen LogP contribution >= 0.6 is 11.3 Å². The summed E-state index contributed by atoms with van der Waals surface area (Å²) in [5.74, 6) is 0.967. The first-order valence-electron chi connectivity index (χ1n) is 9.26. The molecule has 0 bridgehead atoms. The van der Waals surface area contributed by atoms with E-state index in [1.165, 1.54) is 5.01 Å². The fraction of sp³-hybridized carbons (Fsp3) is 0.722. The van der Waals surface area contributed by atoms with E-state index in [1.54, 1.807) is 16.2 Å². The molecule has 2 aliphatic rings. The van der Waals surface area contributed by atoms with Crippen LogP contribution in [-0.4, -0.2) is 71.2 Å². The summed E-state index contributed by atoms with van der Waals surface area (Å²) in [7, 11) is 0. The second-order valence-electron chi connectivity index (χ2n) is 7.85. The number of guanidine groups is 1. The number of amides is 1. The fourth-order valence-electron chi connectivity index (χ4n) is 3.18. The number of piperazine rings is 1. The van der Waals surface area contributed by atoms with Gasteiger partial charge in [-0.1, -0.05) is 0 Å². The molecular formula is C18H29N5O2S. The molecule has 1 aromatic rings. The number of nitrogens with one attached hydrogen (secondary N) is 1. The van der Waals surface area contributed by atoms with Gasteiger partial charge < -0.3 is 19.9 Å². The lowest BCUT2D eigenvalue weighted by molar-refractivity contribution is 0.0137. The molecule has 1 atom stereocenters. The Hall–Kier alpha value is -1.83. The van der Waals surface area contributed by atoms with Crippen molar-refractivity contribution in [2.75, 3.05) is 32.7 Å². The Labute approximate surface area is 159 Å². The molecule has 8 heteroatoms. The van der Waals surface area contributed by atoms with Gasteiger partial charge in [0.25, 0.3) is 0 Å². The number of fused-ring (bicyclic) bond motifs is 1. The second kappa shape index (κ2) is 7.82. The zero-order valence-corrected chi connectivity index (χ0v) is 16.9. The van der Waals surface area contributed by atoms with Gasteiger partial charge in [0.1, 0.15) is 5.60 Å². The Morgan fingerprint density at radius 3 is 2.92 bits per heavy atom. The van der Waals surface area contributed by atoms with E-state index in [9.17, 15) is 4.79 Å². The number of ether oxygens (including phenoxy) is 1. The van der Waals surface area contributed by atoms with Crippen molar-refractivity contribution in [1.29, 1.82) is 0 Å². The molecule has 1 unspecified atom stereocenters. The molecule has 144 valence electrons. The van der Waals surface area contributed by atoms with Crippen LogP contribution in [0.4, 0.5) is 4.79 Å². The summed E-state index contributed by atoms with van der Waals surface area (Å²) < 4.78 is 5.49. The SMILES string of the molecule is Cc1csc(CCCNC2=NCC3CN(C(=O)OC(C)(C)C)CCN23)n1. The van der Waals surface area contributed by atoms with E-state index < -0.39 is 5.60 Å². The Balaban J connectivity index is 1.41. The maximum Gasteiger partial charge on any atom is 0.410 e. The van der Waals surface area contributed by atoms with Crippen molar-refractivity contribution >= 4 is 23.4 Å². The van der Waals surface area contributed by atoms with E-state index >= 15 is 0 Å². The molecule has 1 N–H and O–H groups in total. The van der Waals surface area contributed by atoms with E-state index in [0.717, 1.165) is 44.1 Å². The molecule has 2 aliphatic heterocycles. The molecule has 3 heterocycles. The van der Waals surface area contributed by atoms with Crippen LogP contribution in [0.2, 0.25) is 0 Å². The van der Waals surface area contributed by atoms with Gasteiger partial charge in [0.2, 0.25) is 0 Å². The topological polar surface area (TPSA) is 70.1 Å². The number of hydrogen-bond donors (Lipinski definition) is 1. The molecule has 0 aliphatic carbocycles. The van der Waals surface area contributed by atoms with Crippen LogP contribution in [0.25, 0.3) is 0 Å². The third kappa shape index (κ3) is 4.87. The first-order chi connectivity index (χ1) is 12.3. The number of aliphatic imine (C=N–C) groups is 1. The molecule has 3 rings (SSSR count). The van der Waals surface area contributed by atoms with Gasteiger partial charge in [-0.05, 0) is 34.1 Å². The molecule has 0 radical (unpaired) electrons. The monoisotopic (exact) mass is 379 g/mol. The Morgan fingerprint density at radius 2 is 2.23 bits per heavy atom. The summed E-state index contributed by atoms with van der Waals surface area (Å²) in [5.41, 5.74) is 0.645. The highest BCUT2D eigenvalue weighted by atomic mass is 32.1. The second-order valence-corrected chi connectivity index (χ2v) is 8.79. The third-order valence-corrected chi connectivity index (χ3v) is 5.40. The van der Waals surface area contributed by atoms with Crippen LogP contribution < -0.4 is 5.32 Å². The van der Waals surface area contributed by atoms with Gasteiger partial charge in [0, 0.05) is 43.7 Å². The Morgan fingerprint density at radius 1 is 1.42 bits per heavy atom. The summed E-state index contributed by atoms with van der Waals surface area (Å²) in [5, 5.41) is 6.75. The first-order valence-corrected chi connectivity index (χ1v) is 10.1. The fourth-order valence-corrected chi connectivity index (χ4v) is 4.00. The number of thiazole rings is 1. The van der Waals surface area contributed by atoms with Gasteiger partial charge in [0.15, 0.2) is 5.96 Å². The van der Waals surface area contributed by atoms with Crippen LogP contribution in [0.3, 0.4) is 0 Å². The van der Waals surface area contributed by atoms with Crippen molar-refractivity contribution < 1.29 is 9.53 Å². The number of carbonyl (C=O) groups excluding carboxylic acids is 1. The Bertz CT molecular complexity index is 667. The molecule has 1 fully saturated rings. The molecule has 0 aromatic carbocycles. The molecule has 1 saturated heterocycles. The van der Waals surface area contributed by atoms with E-state index in [2.05, 4.69) is 25.6 Å². The lowest BCUT2D eigenvalue weighted by atomic mass is 10.2. The van der Waals surface area contributed by atoms with Gasteiger partial charge in [-0.25, -0.2) is 9.78 Å². The predicted molar refractivity (Wildman–Crippen MR) is 104 cm³/mol. The maximum absolute atomic E-state index is 12.3. The van der Waals surface area contributed by atoms with Gasteiger partial charge in [-0.3, -0.25) is 4.99 Å². The van der Waals surface area contributed by atoms with E-state index in [4.69, 9.17) is 4.74 Å². The van der Waals surface area contributed by atoms with E-state index in [0.29, 0.717) is 13.1 Å². The van der Waals surface area contributed by atoms with Crippen LogP contribution in [0.5, 0.6) is 0 Å². The number of aryl methyl sites for hydroxylation is 2. The average Bonchev–Trinajstić information content (AvgIpc) is 3.15. The minimum absolute atomic E-state index is 0.225. The van der Waals surface area contributed by atoms with Gasteiger partial charge in [-0.2, -0.15) is 0 Å². The first kappa shape index (κ1) is 18.9. The van der Waals surface area contributed by atoms with Gasteiger partial charge in [-0.15, -0.1) is 11.3 Å². The van der Waals surface area contributed by atoms with E-state index in [1.807, 2.05) is 27.7 Å². The van der Waals surface area contributed by atoms with Crippen molar-refractivity contribution in [2.24, 2.45) is 4.99 Å². The Kier molecular flexibility index (Phi) is 5.70. The minimum Gasteiger partial charge on any atom is -0.444 e. The standard InChI is InChI=1S/C18H29N5O2S/c1-13-12-26-15(21-13)6-5-7-19-16-20-10-14-11-22(8-9-23(14)16)17(24)25-18(2,3)4/h12,14H,5-11H2,1-4H3,(H,19,20). The van der Waals surface area contributed by atoms with Crippen LogP contribution in [0.1, 0.15) is 37.9 Å². The molecule has 1 amide bonds. The molecule has 26 heavy (non-hydrogen) atoms. The highest BCUT2D eigenvalue weighted by Crippen LogP contribution is 2.18. The number of hydrogen-bond acceptors (Lipinski definition) is 7. The molecular weight excluding hydrogens is 350 g/mol. The van der Waals surface area contributed by atoms with Crippen molar-refractivity contribution in [3.8, 4) is 0 Å². The molecule has 0 spiro atoms. The molecule has 0 saturated carbocycles. The smallest absolute Gasteiger partial charge is 0.410 e. The average molecular weight is 380 g/mol. The van der Waals surface area contributed by atoms with Crippen molar-refractivity contribution in [1.82, 2.24) is 20.1 Å². The number of rotatable bonds is 4. The van der Waals surface area contributed by atoms with Crippen LogP contribution in [-0.2, 0) is 11.2 Å². The van der Waals surface area contributed by atoms with Crippen LogP contribution in [0, 0.1) is 6.92 Å². The van der Waals surface area contributed by atoms with Gasteiger partial charge in [0.05, 0.1) is 17.6 Å². The third-order valence-electron chi connectivity index (χ3n) is 4.38. The molecule has 1 aromatic heterocycles. The van der Waals surface area contributed by atoms with Crippen LogP contribution in [0.15, 0.2) is 10.4 Å². The summed E-state index contributed by atoms with van der Waals surface area (Å²) in [6.07, 6.45) is 1.81. The van der Waals surface area contributed by atoms with Crippen molar-refractivity contribution in [3.63, 3.8) is 0 Å². The van der Waals surface area contributed by atoms with Crippen molar-refractivity contribution in [2.45, 2.75) is 52.2 Å². The minimum atomic E-state index is -0.455. The zero-order valence-electron chi connectivity index (χ0n) is 16.1.